The molecule has 3 unspecified atom stereocenters. The first kappa shape index (κ1) is 15.1. The molecular formula is C15H14N6O2S. The number of nitriles is 1. The fourth-order valence-corrected chi connectivity index (χ4v) is 3.95. The number of aromatic nitrogens is 4. The van der Waals surface area contributed by atoms with Crippen molar-refractivity contribution >= 4 is 33.1 Å². The van der Waals surface area contributed by atoms with Gasteiger partial charge in [0.25, 0.3) is 0 Å². The summed E-state index contributed by atoms with van der Waals surface area (Å²) in [5.74, 6) is 0.156. The first-order chi connectivity index (χ1) is 11.7. The molecule has 1 aliphatic rings. The van der Waals surface area contributed by atoms with Crippen molar-refractivity contribution in [2.45, 2.75) is 17.7 Å². The molecule has 3 aromatic rings. The minimum atomic E-state index is -2.18. The summed E-state index contributed by atoms with van der Waals surface area (Å²) in [6, 6.07) is 5.83. The fraction of sp³-hybridized carbons (Fsp3) is 0.333. The van der Waals surface area contributed by atoms with E-state index in [1.165, 1.54) is 0 Å². The zero-order valence-corrected chi connectivity index (χ0v) is 13.4. The number of hydrogen-bond acceptors (Lipinski definition) is 6. The average Bonchev–Trinajstić information content (AvgIpc) is 3.23. The summed E-state index contributed by atoms with van der Waals surface area (Å²) in [4.78, 5) is 9.07. The second-order valence-electron chi connectivity index (χ2n) is 5.78. The first-order valence-corrected chi connectivity index (χ1v) is 8.67. The van der Waals surface area contributed by atoms with Gasteiger partial charge >= 0.3 is 0 Å². The van der Waals surface area contributed by atoms with E-state index in [1.54, 1.807) is 11.1 Å². The summed E-state index contributed by atoms with van der Waals surface area (Å²) in [6.07, 6.45) is 4.34. The topological polar surface area (TPSA) is 119 Å². The summed E-state index contributed by atoms with van der Waals surface area (Å²) in [6.45, 7) is 1.16. The molecular weight excluding hydrogens is 328 g/mol. The van der Waals surface area contributed by atoms with Gasteiger partial charge in [-0.1, -0.05) is 0 Å². The minimum Gasteiger partial charge on any atom is -0.345 e. The SMILES string of the molecule is N#CC(N1CCC(c2cc[nH]c3nnc4nccc4c23)C1)S(=O)O. The molecule has 0 radical (unpaired) electrons. The third kappa shape index (κ3) is 2.36. The summed E-state index contributed by atoms with van der Waals surface area (Å²) >= 11 is -2.18. The lowest BCUT2D eigenvalue weighted by Crippen LogP contribution is -2.35. The van der Waals surface area contributed by atoms with Crippen LogP contribution in [0.3, 0.4) is 0 Å². The van der Waals surface area contributed by atoms with Crippen LogP contribution in [0.1, 0.15) is 17.9 Å². The standard InChI is InChI=1S/C15H14N6O2S/c16-7-12(24(22)23)21-6-3-9(8-21)10-1-4-18-15-13(10)11-2-5-17-14(11)19-20-15/h1-2,4-5,9,12H,3,6,8H2,(H,18,20)(H,22,23). The van der Waals surface area contributed by atoms with Crippen LogP contribution in [-0.2, 0) is 11.1 Å². The highest BCUT2D eigenvalue weighted by atomic mass is 32.2. The predicted molar refractivity (Wildman–Crippen MR) is 88.3 cm³/mol. The van der Waals surface area contributed by atoms with Crippen molar-refractivity contribution in [2.75, 3.05) is 13.1 Å². The smallest absolute Gasteiger partial charge is 0.200 e. The van der Waals surface area contributed by atoms with Gasteiger partial charge in [0.05, 0.1) is 6.07 Å². The van der Waals surface area contributed by atoms with Gasteiger partial charge in [-0.05, 0) is 30.0 Å². The largest absolute Gasteiger partial charge is 0.345 e. The lowest BCUT2D eigenvalue weighted by atomic mass is 9.95. The monoisotopic (exact) mass is 342 g/mol. The van der Waals surface area contributed by atoms with Crippen LogP contribution in [0.2, 0.25) is 0 Å². The Morgan fingerprint density at radius 3 is 3.12 bits per heavy atom. The molecule has 0 aliphatic carbocycles. The number of rotatable bonds is 3. The summed E-state index contributed by atoms with van der Waals surface area (Å²) < 4.78 is 20.6. The van der Waals surface area contributed by atoms with E-state index in [-0.39, 0.29) is 5.92 Å². The third-order valence-electron chi connectivity index (χ3n) is 4.49. The van der Waals surface area contributed by atoms with E-state index in [0.717, 1.165) is 22.8 Å². The van der Waals surface area contributed by atoms with E-state index in [0.29, 0.717) is 24.4 Å². The Morgan fingerprint density at radius 2 is 2.33 bits per heavy atom. The first-order valence-electron chi connectivity index (χ1n) is 7.50. The van der Waals surface area contributed by atoms with Crippen LogP contribution >= 0.6 is 0 Å². The predicted octanol–water partition coefficient (Wildman–Crippen LogP) is 1.37. The van der Waals surface area contributed by atoms with E-state index < -0.39 is 16.5 Å². The molecule has 0 spiro atoms. The van der Waals surface area contributed by atoms with Gasteiger partial charge in [0.15, 0.2) is 27.7 Å². The number of hydrogen-bond donors (Lipinski definition) is 2. The Kier molecular flexibility index (Phi) is 3.72. The molecule has 1 fully saturated rings. The fourth-order valence-electron chi connectivity index (χ4n) is 3.41. The van der Waals surface area contributed by atoms with Crippen LogP contribution in [0.25, 0.3) is 22.1 Å². The van der Waals surface area contributed by atoms with E-state index in [9.17, 15) is 8.76 Å². The molecule has 1 saturated heterocycles. The Balaban J connectivity index is 1.77. The summed E-state index contributed by atoms with van der Waals surface area (Å²) in [5, 5.41) is 18.3. The maximum Gasteiger partial charge on any atom is 0.200 e. The Hall–Kier alpha value is -2.41. The molecule has 8 nitrogen and oxygen atoms in total. The quantitative estimate of drug-likeness (QED) is 0.690. The summed E-state index contributed by atoms with van der Waals surface area (Å²) in [7, 11) is 0. The number of nitrogens with one attached hydrogen (secondary N) is 1. The molecule has 0 amide bonds. The highest BCUT2D eigenvalue weighted by Gasteiger charge is 2.33. The van der Waals surface area contributed by atoms with E-state index in [4.69, 9.17) is 5.26 Å². The van der Waals surface area contributed by atoms with Gasteiger partial charge in [-0.15, -0.1) is 10.2 Å². The number of likely N-dealkylation sites (tertiary alicyclic amines) is 1. The van der Waals surface area contributed by atoms with Crippen molar-refractivity contribution in [1.29, 1.82) is 5.26 Å². The molecule has 3 atom stereocenters. The van der Waals surface area contributed by atoms with Gasteiger partial charge in [0, 0.05) is 36.3 Å². The molecule has 0 aromatic carbocycles. The molecule has 2 N–H and O–H groups in total. The highest BCUT2D eigenvalue weighted by Crippen LogP contribution is 2.34. The van der Waals surface area contributed by atoms with Crippen molar-refractivity contribution < 1.29 is 8.76 Å². The highest BCUT2D eigenvalue weighted by molar-refractivity contribution is 7.80. The van der Waals surface area contributed by atoms with Crippen LogP contribution < -0.4 is 0 Å². The molecule has 9 heteroatoms. The van der Waals surface area contributed by atoms with E-state index >= 15 is 0 Å². The maximum atomic E-state index is 11.3. The molecule has 0 saturated carbocycles. The third-order valence-corrected chi connectivity index (χ3v) is 5.28. The molecule has 0 bridgehead atoms. The number of pyridine rings is 1. The van der Waals surface area contributed by atoms with E-state index in [1.807, 2.05) is 24.4 Å². The van der Waals surface area contributed by atoms with Gasteiger partial charge in [-0.25, -0.2) is 9.19 Å². The molecule has 4 rings (SSSR count). The van der Waals surface area contributed by atoms with Crippen LogP contribution in [-0.4, -0.2) is 52.3 Å². The van der Waals surface area contributed by atoms with Crippen LogP contribution in [0.15, 0.2) is 24.5 Å². The van der Waals surface area contributed by atoms with Crippen LogP contribution in [0.5, 0.6) is 0 Å². The number of nitrogens with zero attached hydrogens (tertiary/aromatic N) is 5. The molecule has 1 aliphatic heterocycles. The number of H-pyrrole nitrogens is 1. The maximum absolute atomic E-state index is 11.3. The van der Waals surface area contributed by atoms with Crippen molar-refractivity contribution in [2.24, 2.45) is 0 Å². The minimum absolute atomic E-state index is 0.156. The molecule has 4 heterocycles. The van der Waals surface area contributed by atoms with Crippen LogP contribution in [0, 0.1) is 11.3 Å². The van der Waals surface area contributed by atoms with Gasteiger partial charge in [0.2, 0.25) is 0 Å². The Morgan fingerprint density at radius 1 is 1.46 bits per heavy atom. The number of aromatic amines is 1. The average molecular weight is 342 g/mol. The second-order valence-corrected chi connectivity index (χ2v) is 6.78. The van der Waals surface area contributed by atoms with Gasteiger partial charge < -0.3 is 9.54 Å². The lowest BCUT2D eigenvalue weighted by molar-refractivity contribution is 0.336. The van der Waals surface area contributed by atoms with Crippen molar-refractivity contribution in [3.63, 3.8) is 0 Å². The van der Waals surface area contributed by atoms with Gasteiger partial charge in [0.1, 0.15) is 0 Å². The lowest BCUT2D eigenvalue weighted by Gasteiger charge is -2.19. The molecule has 3 aromatic heterocycles. The van der Waals surface area contributed by atoms with Crippen LogP contribution in [0.4, 0.5) is 0 Å². The van der Waals surface area contributed by atoms with E-state index in [2.05, 4.69) is 20.2 Å². The van der Waals surface area contributed by atoms with Crippen molar-refractivity contribution in [3.05, 3.63) is 30.1 Å². The van der Waals surface area contributed by atoms with Gasteiger partial charge in [-0.3, -0.25) is 4.90 Å². The van der Waals surface area contributed by atoms with Crippen molar-refractivity contribution in [3.8, 4) is 6.07 Å². The molecule has 122 valence electrons. The summed E-state index contributed by atoms with van der Waals surface area (Å²) in [5.41, 5.74) is 2.39. The Labute approximate surface area is 139 Å². The molecule has 24 heavy (non-hydrogen) atoms. The normalized spacial score (nSPS) is 21.1. The Bertz CT molecular complexity index is 981. The number of fused-ring (bicyclic) bond motifs is 3. The van der Waals surface area contributed by atoms with Gasteiger partial charge in [-0.2, -0.15) is 5.26 Å². The van der Waals surface area contributed by atoms with Crippen molar-refractivity contribution in [1.82, 2.24) is 25.1 Å². The zero-order valence-electron chi connectivity index (χ0n) is 12.6. The second kappa shape index (κ2) is 5.90. The zero-order chi connectivity index (χ0) is 16.7.